The Morgan fingerprint density at radius 3 is 2.67 bits per heavy atom. The van der Waals surface area contributed by atoms with Crippen LogP contribution in [0.1, 0.15) is 32.1 Å². The molecule has 1 aromatic rings. The molecule has 15 heavy (non-hydrogen) atoms. The van der Waals surface area contributed by atoms with E-state index in [0.29, 0.717) is 12.1 Å². The maximum absolute atomic E-state index is 5.44. The molecule has 0 aliphatic rings. The number of likely N-dealkylation sites (N-methyl/N-ethyl adjacent to an activating group) is 1. The molecule has 1 rings (SSSR count). The lowest BCUT2D eigenvalue weighted by atomic mass is 10.2. The van der Waals surface area contributed by atoms with Gasteiger partial charge in [-0.2, -0.15) is 0 Å². The predicted octanol–water partition coefficient (Wildman–Crippen LogP) is 2.27. The molecule has 0 aliphatic carbocycles. The number of nitrogens with one attached hydrogen (secondary N) is 1. The Labute approximate surface area is 92.5 Å². The van der Waals surface area contributed by atoms with E-state index in [9.17, 15) is 0 Å². The predicted molar refractivity (Wildman–Crippen MR) is 62.9 cm³/mol. The van der Waals surface area contributed by atoms with Gasteiger partial charge in [-0.1, -0.05) is 6.92 Å². The molecule has 0 amide bonds. The monoisotopic (exact) mass is 210 g/mol. The summed E-state index contributed by atoms with van der Waals surface area (Å²) >= 11 is 0. The van der Waals surface area contributed by atoms with Crippen LogP contribution in [0.25, 0.3) is 0 Å². The Hall–Kier alpha value is -0.800. The molecule has 0 spiro atoms. The van der Waals surface area contributed by atoms with Crippen molar-refractivity contribution < 1.29 is 4.42 Å². The highest BCUT2D eigenvalue weighted by Gasteiger charge is 2.16. The maximum Gasteiger partial charge on any atom is 0.122 e. The summed E-state index contributed by atoms with van der Waals surface area (Å²) in [5, 5.41) is 3.50. The van der Waals surface area contributed by atoms with Crippen molar-refractivity contribution in [2.24, 2.45) is 0 Å². The van der Waals surface area contributed by atoms with Gasteiger partial charge in [0.25, 0.3) is 0 Å². The lowest BCUT2D eigenvalue weighted by Gasteiger charge is -2.24. The Morgan fingerprint density at radius 1 is 1.47 bits per heavy atom. The van der Waals surface area contributed by atoms with Crippen molar-refractivity contribution in [1.29, 1.82) is 0 Å². The zero-order valence-electron chi connectivity index (χ0n) is 10.2. The molecule has 2 unspecified atom stereocenters. The first-order valence-corrected chi connectivity index (χ1v) is 5.58. The van der Waals surface area contributed by atoms with Gasteiger partial charge < -0.3 is 9.73 Å². The average Bonchev–Trinajstić information content (AvgIpc) is 2.70. The molecule has 3 heteroatoms. The van der Waals surface area contributed by atoms with E-state index in [2.05, 4.69) is 38.2 Å². The van der Waals surface area contributed by atoms with Crippen molar-refractivity contribution in [3.8, 4) is 0 Å². The summed E-state index contributed by atoms with van der Waals surface area (Å²) in [7, 11) is 4.15. The van der Waals surface area contributed by atoms with E-state index in [-0.39, 0.29) is 0 Å². The molecule has 0 saturated heterocycles. The minimum absolute atomic E-state index is 0.314. The van der Waals surface area contributed by atoms with Crippen molar-refractivity contribution in [1.82, 2.24) is 10.2 Å². The number of furan rings is 1. The van der Waals surface area contributed by atoms with Gasteiger partial charge in [0.15, 0.2) is 0 Å². The minimum atomic E-state index is 0.314. The van der Waals surface area contributed by atoms with E-state index in [1.54, 1.807) is 6.26 Å². The molecule has 1 heterocycles. The Balaban J connectivity index is 2.53. The summed E-state index contributed by atoms with van der Waals surface area (Å²) < 4.78 is 5.44. The third-order valence-corrected chi connectivity index (χ3v) is 2.77. The molecule has 0 bridgehead atoms. The molecule has 0 fully saturated rings. The highest BCUT2D eigenvalue weighted by atomic mass is 16.3. The van der Waals surface area contributed by atoms with Crippen molar-refractivity contribution in [3.63, 3.8) is 0 Å². The van der Waals surface area contributed by atoms with Gasteiger partial charge in [0.2, 0.25) is 0 Å². The lowest BCUT2D eigenvalue weighted by Crippen LogP contribution is -2.35. The summed E-state index contributed by atoms with van der Waals surface area (Å²) in [4.78, 5) is 2.17. The number of rotatable bonds is 6. The molecule has 0 aliphatic heterocycles. The molecule has 86 valence electrons. The van der Waals surface area contributed by atoms with Crippen LogP contribution >= 0.6 is 0 Å². The van der Waals surface area contributed by atoms with Crippen LogP contribution in [0.15, 0.2) is 22.8 Å². The van der Waals surface area contributed by atoms with Crippen LogP contribution in [0.4, 0.5) is 0 Å². The first-order valence-electron chi connectivity index (χ1n) is 5.58. The largest absolute Gasteiger partial charge is 0.468 e. The normalized spacial score (nSPS) is 15.5. The summed E-state index contributed by atoms with van der Waals surface area (Å²) in [5.41, 5.74) is 0. The van der Waals surface area contributed by atoms with Crippen LogP contribution in [-0.4, -0.2) is 31.6 Å². The number of nitrogens with zero attached hydrogens (tertiary/aromatic N) is 1. The lowest BCUT2D eigenvalue weighted by molar-refractivity contribution is 0.244. The van der Waals surface area contributed by atoms with Gasteiger partial charge in [-0.15, -0.1) is 0 Å². The quantitative estimate of drug-likeness (QED) is 0.780. The summed E-state index contributed by atoms with van der Waals surface area (Å²) in [6, 6.07) is 4.84. The van der Waals surface area contributed by atoms with Gasteiger partial charge in [-0.3, -0.25) is 4.90 Å². The van der Waals surface area contributed by atoms with Crippen LogP contribution in [0.2, 0.25) is 0 Å². The van der Waals surface area contributed by atoms with Crippen molar-refractivity contribution >= 4 is 0 Å². The molecule has 1 N–H and O–H groups in total. The molecule has 0 radical (unpaired) electrons. The summed E-state index contributed by atoms with van der Waals surface area (Å²) in [6.07, 6.45) is 2.88. The second-order valence-electron chi connectivity index (χ2n) is 4.21. The van der Waals surface area contributed by atoms with Crippen molar-refractivity contribution in [3.05, 3.63) is 24.2 Å². The highest BCUT2D eigenvalue weighted by Crippen LogP contribution is 2.17. The fourth-order valence-corrected chi connectivity index (χ4v) is 1.48. The topological polar surface area (TPSA) is 28.4 Å². The first-order chi connectivity index (χ1) is 7.15. The van der Waals surface area contributed by atoms with E-state index in [0.717, 1.165) is 18.7 Å². The molecule has 3 nitrogen and oxygen atoms in total. The summed E-state index contributed by atoms with van der Waals surface area (Å²) in [5.74, 6) is 1.02. The van der Waals surface area contributed by atoms with Gasteiger partial charge in [0, 0.05) is 12.6 Å². The Kier molecular flexibility index (Phi) is 4.85. The molecule has 0 aromatic carbocycles. The minimum Gasteiger partial charge on any atom is -0.468 e. The fourth-order valence-electron chi connectivity index (χ4n) is 1.48. The zero-order chi connectivity index (χ0) is 11.3. The Bertz CT molecular complexity index is 257. The van der Waals surface area contributed by atoms with Crippen LogP contribution in [0.5, 0.6) is 0 Å². The zero-order valence-corrected chi connectivity index (χ0v) is 10.2. The van der Waals surface area contributed by atoms with Gasteiger partial charge in [0.1, 0.15) is 5.76 Å². The summed E-state index contributed by atoms with van der Waals surface area (Å²) in [6.45, 7) is 5.32. The van der Waals surface area contributed by atoms with E-state index >= 15 is 0 Å². The van der Waals surface area contributed by atoms with Gasteiger partial charge in [-0.05, 0) is 39.6 Å². The average molecular weight is 210 g/mol. The van der Waals surface area contributed by atoms with Gasteiger partial charge in [-0.25, -0.2) is 0 Å². The molecule has 1 aromatic heterocycles. The first kappa shape index (κ1) is 12.3. The van der Waals surface area contributed by atoms with Crippen LogP contribution in [-0.2, 0) is 0 Å². The number of hydrogen-bond acceptors (Lipinski definition) is 3. The van der Waals surface area contributed by atoms with Crippen LogP contribution in [0.3, 0.4) is 0 Å². The SMILES string of the molecule is CCC(C)NCC(c1ccco1)N(C)C. The van der Waals surface area contributed by atoms with E-state index in [1.165, 1.54) is 0 Å². The van der Waals surface area contributed by atoms with Gasteiger partial charge in [0.05, 0.1) is 12.3 Å². The fraction of sp³-hybridized carbons (Fsp3) is 0.667. The van der Waals surface area contributed by atoms with E-state index in [1.807, 2.05) is 12.1 Å². The molecular formula is C12H22N2O. The second kappa shape index (κ2) is 5.93. The van der Waals surface area contributed by atoms with Gasteiger partial charge >= 0.3 is 0 Å². The third-order valence-electron chi connectivity index (χ3n) is 2.77. The molecule has 0 saturated carbocycles. The van der Waals surface area contributed by atoms with Crippen molar-refractivity contribution in [2.45, 2.75) is 32.4 Å². The van der Waals surface area contributed by atoms with Crippen molar-refractivity contribution in [2.75, 3.05) is 20.6 Å². The van der Waals surface area contributed by atoms with Crippen LogP contribution < -0.4 is 5.32 Å². The second-order valence-corrected chi connectivity index (χ2v) is 4.21. The smallest absolute Gasteiger partial charge is 0.122 e. The maximum atomic E-state index is 5.44. The third kappa shape index (κ3) is 3.68. The highest BCUT2D eigenvalue weighted by molar-refractivity contribution is 5.05. The molecular weight excluding hydrogens is 188 g/mol. The molecule has 2 atom stereocenters. The van der Waals surface area contributed by atoms with E-state index in [4.69, 9.17) is 4.42 Å². The number of hydrogen-bond donors (Lipinski definition) is 1. The van der Waals surface area contributed by atoms with E-state index < -0.39 is 0 Å². The van der Waals surface area contributed by atoms with Crippen LogP contribution in [0, 0.1) is 0 Å². The Morgan fingerprint density at radius 2 is 2.20 bits per heavy atom. The standard InChI is InChI=1S/C12H22N2O/c1-5-10(2)13-9-11(14(3)4)12-7-6-8-15-12/h6-8,10-11,13H,5,9H2,1-4H3.